The quantitative estimate of drug-likeness (QED) is 0.566. The Morgan fingerprint density at radius 3 is 2.97 bits per heavy atom. The van der Waals surface area contributed by atoms with Crippen molar-refractivity contribution in [2.45, 2.75) is 26.3 Å². The molecule has 31 heavy (non-hydrogen) atoms. The average molecular weight is 440 g/mol. The van der Waals surface area contributed by atoms with E-state index in [2.05, 4.69) is 34.0 Å². The van der Waals surface area contributed by atoms with Crippen molar-refractivity contribution < 1.29 is 9.18 Å². The Balaban J connectivity index is 1.39. The molecule has 1 fully saturated rings. The molecule has 4 rings (SSSR count). The number of nitrogens with two attached hydrogens (primary N) is 1. The molecule has 1 unspecified atom stereocenters. The summed E-state index contributed by atoms with van der Waals surface area (Å²) in [7, 11) is 0. The summed E-state index contributed by atoms with van der Waals surface area (Å²) in [6.07, 6.45) is 0.394. The topological polar surface area (TPSA) is 83.3 Å². The van der Waals surface area contributed by atoms with Crippen molar-refractivity contribution in [3.8, 4) is 0 Å². The molecule has 1 aliphatic rings. The minimum atomic E-state index is -0.274. The van der Waals surface area contributed by atoms with Gasteiger partial charge in [-0.15, -0.1) is 11.3 Å². The highest BCUT2D eigenvalue weighted by molar-refractivity contribution is 7.21. The first-order valence-corrected chi connectivity index (χ1v) is 11.0. The van der Waals surface area contributed by atoms with Crippen molar-refractivity contribution in [2.75, 3.05) is 30.3 Å². The predicted octanol–water partition coefficient (Wildman–Crippen LogP) is 3.61. The number of amides is 1. The third-order valence-electron chi connectivity index (χ3n) is 5.35. The van der Waals surface area contributed by atoms with Crippen LogP contribution in [-0.4, -0.2) is 36.6 Å². The lowest BCUT2D eigenvalue weighted by atomic mass is 10.1. The van der Waals surface area contributed by atoms with E-state index in [0.29, 0.717) is 35.6 Å². The van der Waals surface area contributed by atoms with Gasteiger partial charge in [0.2, 0.25) is 0 Å². The number of fused-ring (bicyclic) bond motifs is 1. The SMILES string of the molecule is C=C1CN(c2ccc(CCNC(=O)c3sc4nc(C)ccc4c3N)c(F)c2)CC(C)N1. The van der Waals surface area contributed by atoms with E-state index in [-0.39, 0.29) is 17.8 Å². The van der Waals surface area contributed by atoms with E-state index in [1.165, 1.54) is 11.3 Å². The molecule has 0 radical (unpaired) electrons. The van der Waals surface area contributed by atoms with Crippen LogP contribution in [0, 0.1) is 12.7 Å². The Kier molecular flexibility index (Phi) is 5.82. The maximum atomic E-state index is 14.7. The number of nitrogens with one attached hydrogen (secondary N) is 2. The first-order valence-electron chi connectivity index (χ1n) is 10.2. The van der Waals surface area contributed by atoms with Crippen LogP contribution < -0.4 is 21.3 Å². The summed E-state index contributed by atoms with van der Waals surface area (Å²) in [5.74, 6) is -0.534. The van der Waals surface area contributed by atoms with Gasteiger partial charge in [0.05, 0.1) is 12.2 Å². The highest BCUT2D eigenvalue weighted by atomic mass is 32.1. The highest BCUT2D eigenvalue weighted by Crippen LogP contribution is 2.32. The minimum Gasteiger partial charge on any atom is -0.397 e. The second kappa shape index (κ2) is 8.55. The van der Waals surface area contributed by atoms with Gasteiger partial charge in [0.15, 0.2) is 0 Å². The monoisotopic (exact) mass is 439 g/mol. The van der Waals surface area contributed by atoms with Crippen molar-refractivity contribution >= 4 is 38.8 Å². The van der Waals surface area contributed by atoms with Crippen LogP contribution in [0.3, 0.4) is 0 Å². The number of benzene rings is 1. The van der Waals surface area contributed by atoms with Gasteiger partial charge in [-0.2, -0.15) is 0 Å². The van der Waals surface area contributed by atoms with Crippen molar-refractivity contribution in [2.24, 2.45) is 0 Å². The van der Waals surface area contributed by atoms with Crippen molar-refractivity contribution in [3.63, 3.8) is 0 Å². The summed E-state index contributed by atoms with van der Waals surface area (Å²) in [4.78, 5) is 20.3. The van der Waals surface area contributed by atoms with Gasteiger partial charge >= 0.3 is 0 Å². The number of hydrogen-bond donors (Lipinski definition) is 3. The summed E-state index contributed by atoms with van der Waals surface area (Å²) in [5, 5.41) is 6.92. The summed E-state index contributed by atoms with van der Waals surface area (Å²) < 4.78 is 14.7. The van der Waals surface area contributed by atoms with E-state index < -0.39 is 0 Å². The fraction of sp³-hybridized carbons (Fsp3) is 0.304. The number of anilines is 2. The molecule has 0 spiro atoms. The molecule has 3 aromatic rings. The van der Waals surface area contributed by atoms with Gasteiger partial charge < -0.3 is 21.3 Å². The molecular weight excluding hydrogens is 413 g/mol. The first-order chi connectivity index (χ1) is 14.8. The molecule has 2 aromatic heterocycles. The number of piperazine rings is 1. The van der Waals surface area contributed by atoms with Crippen LogP contribution in [0.25, 0.3) is 10.2 Å². The van der Waals surface area contributed by atoms with Crippen LogP contribution in [0.5, 0.6) is 0 Å². The van der Waals surface area contributed by atoms with Crippen molar-refractivity contribution in [3.05, 3.63) is 64.6 Å². The Labute approximate surface area is 185 Å². The number of nitrogen functional groups attached to an aromatic ring is 1. The average Bonchev–Trinajstić information content (AvgIpc) is 3.04. The van der Waals surface area contributed by atoms with Gasteiger partial charge in [0.1, 0.15) is 15.5 Å². The summed E-state index contributed by atoms with van der Waals surface area (Å²) in [6.45, 7) is 9.72. The lowest BCUT2D eigenvalue weighted by molar-refractivity contribution is 0.0959. The number of pyridine rings is 1. The lowest BCUT2D eigenvalue weighted by Gasteiger charge is -2.35. The number of carbonyl (C=O) groups is 1. The summed E-state index contributed by atoms with van der Waals surface area (Å²) in [6, 6.07) is 9.28. The van der Waals surface area contributed by atoms with E-state index >= 15 is 0 Å². The number of halogens is 1. The van der Waals surface area contributed by atoms with Crippen LogP contribution >= 0.6 is 11.3 Å². The molecule has 3 heterocycles. The van der Waals surface area contributed by atoms with Crippen LogP contribution in [0.4, 0.5) is 15.8 Å². The number of aromatic nitrogens is 1. The molecule has 1 aromatic carbocycles. The van der Waals surface area contributed by atoms with Gasteiger partial charge in [-0.05, 0) is 50.1 Å². The second-order valence-electron chi connectivity index (χ2n) is 7.96. The molecule has 1 saturated heterocycles. The molecule has 4 N–H and O–H groups in total. The number of hydrogen-bond acceptors (Lipinski definition) is 6. The van der Waals surface area contributed by atoms with Crippen LogP contribution in [0.15, 0.2) is 42.6 Å². The van der Waals surface area contributed by atoms with E-state index in [1.807, 2.05) is 25.1 Å². The lowest BCUT2D eigenvalue weighted by Crippen LogP contribution is -2.47. The molecule has 6 nitrogen and oxygen atoms in total. The number of aryl methyl sites for hydroxylation is 1. The van der Waals surface area contributed by atoms with Gasteiger partial charge in [0, 0.05) is 41.6 Å². The van der Waals surface area contributed by atoms with Crippen LogP contribution in [-0.2, 0) is 6.42 Å². The summed E-state index contributed by atoms with van der Waals surface area (Å²) >= 11 is 1.27. The van der Waals surface area contributed by atoms with Crippen molar-refractivity contribution in [1.29, 1.82) is 0 Å². The van der Waals surface area contributed by atoms with Gasteiger partial charge in [-0.1, -0.05) is 12.6 Å². The van der Waals surface area contributed by atoms with E-state index in [9.17, 15) is 9.18 Å². The maximum absolute atomic E-state index is 14.7. The molecule has 1 aliphatic heterocycles. The standard InChI is InChI=1S/C23H26FN5OS/c1-13-4-7-18-20(25)21(31-23(18)28-13)22(30)26-9-8-16-5-6-17(10-19(16)24)29-11-14(2)27-15(3)12-29/h4-7,10,15,27H,2,8-9,11-12,25H2,1,3H3,(H,26,30). The molecule has 1 atom stereocenters. The van der Waals surface area contributed by atoms with Gasteiger partial charge in [-0.25, -0.2) is 9.37 Å². The van der Waals surface area contributed by atoms with E-state index in [0.717, 1.165) is 33.8 Å². The van der Waals surface area contributed by atoms with Gasteiger partial charge in [-0.3, -0.25) is 4.79 Å². The normalized spacial score (nSPS) is 16.4. The first kappa shape index (κ1) is 21.1. The second-order valence-corrected chi connectivity index (χ2v) is 8.96. The molecule has 8 heteroatoms. The largest absolute Gasteiger partial charge is 0.397 e. The highest BCUT2D eigenvalue weighted by Gasteiger charge is 2.20. The number of thiophene rings is 1. The Morgan fingerprint density at radius 1 is 1.42 bits per heavy atom. The minimum absolute atomic E-state index is 0.261. The van der Waals surface area contributed by atoms with Crippen LogP contribution in [0.1, 0.15) is 27.9 Å². The third-order valence-corrected chi connectivity index (χ3v) is 6.46. The zero-order valence-electron chi connectivity index (χ0n) is 17.7. The number of rotatable bonds is 5. The van der Waals surface area contributed by atoms with Crippen LogP contribution in [0.2, 0.25) is 0 Å². The maximum Gasteiger partial charge on any atom is 0.263 e. The molecule has 0 bridgehead atoms. The van der Waals surface area contributed by atoms with E-state index in [4.69, 9.17) is 5.73 Å². The zero-order valence-corrected chi connectivity index (χ0v) is 18.5. The Morgan fingerprint density at radius 2 is 2.23 bits per heavy atom. The third kappa shape index (κ3) is 4.49. The predicted molar refractivity (Wildman–Crippen MR) is 125 cm³/mol. The smallest absolute Gasteiger partial charge is 0.263 e. The fourth-order valence-electron chi connectivity index (χ4n) is 3.85. The molecule has 0 aliphatic carbocycles. The number of carbonyl (C=O) groups excluding carboxylic acids is 1. The van der Waals surface area contributed by atoms with E-state index in [1.54, 1.807) is 12.1 Å². The number of nitrogens with zero attached hydrogens (tertiary/aromatic N) is 2. The molecule has 0 saturated carbocycles. The molecular formula is C23H26FN5OS. The zero-order chi connectivity index (χ0) is 22.1. The summed E-state index contributed by atoms with van der Waals surface area (Å²) in [5.41, 5.74) is 9.77. The molecule has 162 valence electrons. The fourth-order valence-corrected chi connectivity index (χ4v) is 4.90. The van der Waals surface area contributed by atoms with Gasteiger partial charge in [0.25, 0.3) is 5.91 Å². The Bertz CT molecular complexity index is 1160. The van der Waals surface area contributed by atoms with Crippen molar-refractivity contribution in [1.82, 2.24) is 15.6 Å². The molecule has 1 amide bonds. The Hall–Kier alpha value is -3.13.